The summed E-state index contributed by atoms with van der Waals surface area (Å²) in [6.07, 6.45) is 7.12. The second kappa shape index (κ2) is 13.0. The van der Waals surface area contributed by atoms with E-state index in [1.165, 1.54) is 12.8 Å². The van der Waals surface area contributed by atoms with Gasteiger partial charge >= 0.3 is 0 Å². The molecule has 2 aliphatic rings. The predicted molar refractivity (Wildman–Crippen MR) is 114 cm³/mol. The van der Waals surface area contributed by atoms with Gasteiger partial charge in [-0.2, -0.15) is 0 Å². The van der Waals surface area contributed by atoms with E-state index < -0.39 is 0 Å². The number of nitrogens with zero attached hydrogens (tertiary/aromatic N) is 3. The summed E-state index contributed by atoms with van der Waals surface area (Å²) in [5.74, 6) is 1.58. The van der Waals surface area contributed by atoms with Gasteiger partial charge in [-0.25, -0.2) is 0 Å². The van der Waals surface area contributed by atoms with Crippen molar-refractivity contribution in [1.29, 1.82) is 0 Å². The van der Waals surface area contributed by atoms with Crippen LogP contribution in [0.5, 0.6) is 0 Å². The van der Waals surface area contributed by atoms with Crippen LogP contribution in [-0.4, -0.2) is 70.0 Å². The van der Waals surface area contributed by atoms with Crippen LogP contribution in [0.25, 0.3) is 0 Å². The molecule has 0 radical (unpaired) electrons. The van der Waals surface area contributed by atoms with Gasteiger partial charge in [0.1, 0.15) is 0 Å². The minimum Gasteiger partial charge on any atom is -0.483 e. The van der Waals surface area contributed by atoms with Gasteiger partial charge in [-0.05, 0) is 29.9 Å². The molecule has 0 aromatic carbocycles. The monoisotopic (exact) mass is 421 g/mol. The summed E-state index contributed by atoms with van der Waals surface area (Å²) in [4.78, 5) is 38.7. The van der Waals surface area contributed by atoms with E-state index in [1.807, 2.05) is 17.2 Å². The quantitative estimate of drug-likeness (QED) is 0.679. The number of carbonyl (C=O) groups is 3. The van der Waals surface area contributed by atoms with Crippen molar-refractivity contribution in [3.8, 4) is 0 Å². The van der Waals surface area contributed by atoms with E-state index in [0.29, 0.717) is 18.4 Å². The highest BCUT2D eigenvalue weighted by molar-refractivity contribution is 5.86. The first-order chi connectivity index (χ1) is 14.4. The molecule has 2 aliphatic heterocycles. The number of pyridine rings is 1. The van der Waals surface area contributed by atoms with Crippen LogP contribution in [-0.2, 0) is 20.9 Å². The number of carbonyl (C=O) groups excluding carboxylic acids is 1. The number of hydrogen-bond donors (Lipinski definition) is 2. The molecule has 3 rings (SSSR count). The highest BCUT2D eigenvalue weighted by Crippen LogP contribution is 2.45. The van der Waals surface area contributed by atoms with E-state index in [2.05, 4.69) is 36.7 Å². The van der Waals surface area contributed by atoms with Crippen molar-refractivity contribution in [2.75, 3.05) is 26.2 Å². The number of carboxylic acid groups (broad SMARTS) is 2. The van der Waals surface area contributed by atoms with Crippen molar-refractivity contribution in [3.05, 3.63) is 30.1 Å². The Morgan fingerprint density at radius 1 is 1.27 bits per heavy atom. The van der Waals surface area contributed by atoms with E-state index in [1.54, 1.807) is 6.20 Å². The summed E-state index contributed by atoms with van der Waals surface area (Å²) in [5.41, 5.74) is 0.983. The Morgan fingerprint density at radius 3 is 2.43 bits per heavy atom. The summed E-state index contributed by atoms with van der Waals surface area (Å²) < 4.78 is 0. The molecule has 1 aromatic rings. The number of aromatic nitrogens is 1. The van der Waals surface area contributed by atoms with Gasteiger partial charge in [0.15, 0.2) is 0 Å². The van der Waals surface area contributed by atoms with Gasteiger partial charge < -0.3 is 20.0 Å². The Labute approximate surface area is 178 Å². The zero-order chi connectivity index (χ0) is 22.6. The van der Waals surface area contributed by atoms with Crippen LogP contribution in [0.4, 0.5) is 0 Å². The minimum atomic E-state index is -0.250. The Balaban J connectivity index is 0.000000672. The van der Waals surface area contributed by atoms with Gasteiger partial charge in [-0.3, -0.25) is 19.4 Å². The Morgan fingerprint density at radius 2 is 1.90 bits per heavy atom. The van der Waals surface area contributed by atoms with Crippen molar-refractivity contribution >= 4 is 18.9 Å². The molecular weight excluding hydrogens is 386 g/mol. The maximum atomic E-state index is 13.2. The van der Waals surface area contributed by atoms with E-state index in [9.17, 15) is 4.79 Å². The molecule has 1 aromatic heterocycles. The molecule has 1 spiro atoms. The van der Waals surface area contributed by atoms with Gasteiger partial charge in [0.2, 0.25) is 5.91 Å². The van der Waals surface area contributed by atoms with E-state index >= 15 is 0 Å². The summed E-state index contributed by atoms with van der Waals surface area (Å²) in [6.45, 7) is 11.1. The zero-order valence-electron chi connectivity index (χ0n) is 18.2. The Bertz CT molecular complexity index is 647. The largest absolute Gasteiger partial charge is 0.483 e. The van der Waals surface area contributed by atoms with E-state index in [-0.39, 0.29) is 18.4 Å². The standard InChI is InChI=1S/C20H31N3O.2CH2O2/c1-4-17(5-2)13-22-12-16(3)20(15-22)8-10-23(19(20)24)14-18-7-6-9-21-11-18;2*2-1-3/h6-7,9,11,16-17H,4-5,8,10,12-15H2,1-3H3;2*1H,(H,2,3)/t16-,20-;;/m1../s1. The van der Waals surface area contributed by atoms with Crippen LogP contribution in [0.2, 0.25) is 0 Å². The first-order valence-corrected chi connectivity index (χ1v) is 10.5. The molecular formula is C22H35N3O5. The molecule has 2 N–H and O–H groups in total. The van der Waals surface area contributed by atoms with Crippen LogP contribution >= 0.6 is 0 Å². The third-order valence-corrected chi connectivity index (χ3v) is 6.29. The lowest BCUT2D eigenvalue weighted by Crippen LogP contribution is -2.39. The van der Waals surface area contributed by atoms with Crippen molar-refractivity contribution in [1.82, 2.24) is 14.8 Å². The third kappa shape index (κ3) is 6.52. The summed E-state index contributed by atoms with van der Waals surface area (Å²) >= 11 is 0. The molecule has 0 saturated carbocycles. The predicted octanol–water partition coefficient (Wildman–Crippen LogP) is 2.59. The number of hydrogen-bond acceptors (Lipinski definition) is 5. The first kappa shape index (κ1) is 25.6. The van der Waals surface area contributed by atoms with Crippen LogP contribution in [0.1, 0.15) is 45.6 Å². The Kier molecular flexibility index (Phi) is 11.0. The third-order valence-electron chi connectivity index (χ3n) is 6.29. The second-order valence-corrected chi connectivity index (χ2v) is 7.98. The molecule has 3 heterocycles. The fourth-order valence-corrected chi connectivity index (χ4v) is 4.56. The molecule has 8 heteroatoms. The Hall–Kier alpha value is -2.48. The molecule has 2 saturated heterocycles. The summed E-state index contributed by atoms with van der Waals surface area (Å²) in [5, 5.41) is 13.8. The van der Waals surface area contributed by atoms with Gasteiger partial charge in [-0.15, -0.1) is 0 Å². The number of likely N-dealkylation sites (tertiary alicyclic amines) is 2. The highest BCUT2D eigenvalue weighted by atomic mass is 16.3. The van der Waals surface area contributed by atoms with Crippen molar-refractivity contribution < 1.29 is 24.6 Å². The zero-order valence-corrected chi connectivity index (χ0v) is 18.2. The fraction of sp³-hybridized carbons (Fsp3) is 0.636. The summed E-state index contributed by atoms with van der Waals surface area (Å²) in [7, 11) is 0. The van der Waals surface area contributed by atoms with Crippen LogP contribution < -0.4 is 0 Å². The van der Waals surface area contributed by atoms with Crippen molar-refractivity contribution in [3.63, 3.8) is 0 Å². The van der Waals surface area contributed by atoms with Crippen LogP contribution in [0.3, 0.4) is 0 Å². The highest BCUT2D eigenvalue weighted by Gasteiger charge is 2.54. The molecule has 8 nitrogen and oxygen atoms in total. The van der Waals surface area contributed by atoms with Crippen molar-refractivity contribution in [2.45, 2.75) is 46.6 Å². The van der Waals surface area contributed by atoms with E-state index in [4.69, 9.17) is 19.8 Å². The lowest BCUT2D eigenvalue weighted by atomic mass is 9.78. The summed E-state index contributed by atoms with van der Waals surface area (Å²) in [6, 6.07) is 4.00. The molecule has 0 aliphatic carbocycles. The van der Waals surface area contributed by atoms with Gasteiger partial charge in [0.05, 0.1) is 5.41 Å². The number of rotatable bonds is 6. The minimum absolute atomic E-state index is 0.145. The number of amides is 1. The molecule has 2 fully saturated rings. The average Bonchev–Trinajstić information content (AvgIpc) is 3.22. The molecule has 0 unspecified atom stereocenters. The van der Waals surface area contributed by atoms with Gasteiger partial charge in [0.25, 0.3) is 12.9 Å². The van der Waals surface area contributed by atoms with Gasteiger partial charge in [0, 0.05) is 45.1 Å². The lowest BCUT2D eigenvalue weighted by Gasteiger charge is -2.27. The topological polar surface area (TPSA) is 111 Å². The molecule has 30 heavy (non-hydrogen) atoms. The van der Waals surface area contributed by atoms with Crippen LogP contribution in [0, 0.1) is 17.3 Å². The maximum Gasteiger partial charge on any atom is 0.290 e. The average molecular weight is 422 g/mol. The van der Waals surface area contributed by atoms with Gasteiger partial charge in [-0.1, -0.05) is 39.7 Å². The smallest absolute Gasteiger partial charge is 0.290 e. The molecule has 168 valence electrons. The molecule has 1 amide bonds. The lowest BCUT2D eigenvalue weighted by molar-refractivity contribution is -0.137. The second-order valence-electron chi connectivity index (χ2n) is 7.98. The van der Waals surface area contributed by atoms with Crippen LogP contribution in [0.15, 0.2) is 24.5 Å². The maximum absolute atomic E-state index is 13.2. The SMILES string of the molecule is CCC(CC)CN1C[C@@H](C)[C@@]2(CCN(Cc3cccnc3)C2=O)C1.O=CO.O=CO. The van der Waals surface area contributed by atoms with Crippen molar-refractivity contribution in [2.24, 2.45) is 17.3 Å². The normalized spacial score (nSPS) is 23.0. The molecule has 0 bridgehead atoms. The first-order valence-electron chi connectivity index (χ1n) is 10.5. The van der Waals surface area contributed by atoms with E-state index in [0.717, 1.165) is 44.1 Å². The molecule has 2 atom stereocenters. The fourth-order valence-electron chi connectivity index (χ4n) is 4.56.